The van der Waals surface area contributed by atoms with Crippen molar-refractivity contribution in [2.45, 2.75) is 43.6 Å². The Labute approximate surface area is 148 Å². The van der Waals surface area contributed by atoms with E-state index < -0.39 is 0 Å². The number of hydrogen-bond acceptors (Lipinski definition) is 4. The molecule has 0 atom stereocenters. The van der Waals surface area contributed by atoms with E-state index in [1.165, 1.54) is 12.0 Å². The third-order valence-electron chi connectivity index (χ3n) is 5.71. The highest BCUT2D eigenvalue weighted by atomic mass is 16.2. The van der Waals surface area contributed by atoms with Gasteiger partial charge in [0.25, 0.3) is 5.91 Å². The maximum Gasteiger partial charge on any atom is 0.273 e. The van der Waals surface area contributed by atoms with Gasteiger partial charge >= 0.3 is 0 Å². The quantitative estimate of drug-likeness (QED) is 0.875. The average Bonchev–Trinajstić information content (AvgIpc) is 3.13. The zero-order valence-corrected chi connectivity index (χ0v) is 14.4. The Balaban J connectivity index is 1.40. The van der Waals surface area contributed by atoms with Crippen molar-refractivity contribution in [3.8, 4) is 0 Å². The van der Waals surface area contributed by atoms with Gasteiger partial charge in [-0.15, -0.1) is 5.10 Å². The van der Waals surface area contributed by atoms with E-state index in [0.29, 0.717) is 18.3 Å². The number of carbonyl (C=O) groups is 1. The van der Waals surface area contributed by atoms with Gasteiger partial charge in [-0.1, -0.05) is 42.0 Å². The Bertz CT molecular complexity index is 716. The molecule has 1 aliphatic carbocycles. The van der Waals surface area contributed by atoms with Gasteiger partial charge in [-0.3, -0.25) is 4.79 Å². The van der Waals surface area contributed by atoms with Gasteiger partial charge in [0.1, 0.15) is 0 Å². The fourth-order valence-electron chi connectivity index (χ4n) is 3.93. The Kier molecular flexibility index (Phi) is 4.53. The predicted molar refractivity (Wildman–Crippen MR) is 95.5 cm³/mol. The van der Waals surface area contributed by atoms with Crippen LogP contribution in [0.4, 0.5) is 0 Å². The zero-order chi connectivity index (χ0) is 17.1. The van der Waals surface area contributed by atoms with E-state index in [0.717, 1.165) is 38.8 Å². The topological polar surface area (TPSA) is 71.8 Å². The molecule has 2 N–H and O–H groups in total. The van der Waals surface area contributed by atoms with Crippen LogP contribution >= 0.6 is 0 Å². The molecule has 0 bridgehead atoms. The second-order valence-electron chi connectivity index (χ2n) is 7.25. The number of amides is 1. The summed E-state index contributed by atoms with van der Waals surface area (Å²) in [5, 5.41) is 14.7. The standard InChI is InChI=1S/C19H25N5O/c25-18(17-13-24(23-22-17)16-7-11-20-12-8-16)21-14-19(9-4-10-19)15-5-2-1-3-6-15/h1-3,5-6,13,16,20H,4,7-12,14H2,(H,21,25). The molecule has 0 spiro atoms. The summed E-state index contributed by atoms with van der Waals surface area (Å²) in [6.07, 6.45) is 7.32. The molecule has 4 rings (SSSR count). The number of carbonyl (C=O) groups excluding carboxylic acids is 1. The predicted octanol–water partition coefficient (Wildman–Crippen LogP) is 2.05. The first kappa shape index (κ1) is 16.3. The van der Waals surface area contributed by atoms with Crippen LogP contribution in [0, 0.1) is 0 Å². The smallest absolute Gasteiger partial charge is 0.273 e. The van der Waals surface area contributed by atoms with Gasteiger partial charge in [0.2, 0.25) is 0 Å². The molecule has 1 amide bonds. The molecule has 2 fully saturated rings. The Hall–Kier alpha value is -2.21. The first-order chi connectivity index (χ1) is 12.3. The zero-order valence-electron chi connectivity index (χ0n) is 14.4. The fraction of sp³-hybridized carbons (Fsp3) is 0.526. The lowest BCUT2D eigenvalue weighted by Crippen LogP contribution is -2.45. The van der Waals surface area contributed by atoms with E-state index in [4.69, 9.17) is 0 Å². The van der Waals surface area contributed by atoms with Crippen molar-refractivity contribution < 1.29 is 4.79 Å². The number of nitrogens with one attached hydrogen (secondary N) is 2. The minimum atomic E-state index is -0.123. The first-order valence-corrected chi connectivity index (χ1v) is 9.23. The van der Waals surface area contributed by atoms with Crippen LogP contribution in [0.1, 0.15) is 54.2 Å². The maximum absolute atomic E-state index is 12.5. The molecule has 0 unspecified atom stereocenters. The lowest BCUT2D eigenvalue weighted by molar-refractivity contribution is 0.0922. The number of hydrogen-bond donors (Lipinski definition) is 2. The second kappa shape index (κ2) is 6.96. The average molecular weight is 339 g/mol. The molecular weight excluding hydrogens is 314 g/mol. The summed E-state index contributed by atoms with van der Waals surface area (Å²) in [5.41, 5.74) is 1.82. The van der Waals surface area contributed by atoms with Gasteiger partial charge in [-0.25, -0.2) is 4.68 Å². The van der Waals surface area contributed by atoms with Crippen molar-refractivity contribution in [3.63, 3.8) is 0 Å². The molecule has 1 saturated heterocycles. The summed E-state index contributed by atoms with van der Waals surface area (Å²) in [5.74, 6) is -0.123. The monoisotopic (exact) mass is 339 g/mol. The SMILES string of the molecule is O=C(NCC1(c2ccccc2)CCC1)c1cn(C2CCNCC2)nn1. The molecule has 1 aromatic heterocycles. The number of benzene rings is 1. The molecule has 0 radical (unpaired) electrons. The van der Waals surface area contributed by atoms with Crippen LogP contribution in [0.3, 0.4) is 0 Å². The summed E-state index contributed by atoms with van der Waals surface area (Å²) in [4.78, 5) is 12.5. The third kappa shape index (κ3) is 3.31. The molecule has 1 saturated carbocycles. The molecule has 2 aromatic rings. The fourth-order valence-corrected chi connectivity index (χ4v) is 3.93. The van der Waals surface area contributed by atoms with Gasteiger partial charge in [0, 0.05) is 12.0 Å². The van der Waals surface area contributed by atoms with Gasteiger partial charge in [-0.2, -0.15) is 0 Å². The molecule has 1 aromatic carbocycles. The highest BCUT2D eigenvalue weighted by Gasteiger charge is 2.38. The molecule has 6 heteroatoms. The van der Waals surface area contributed by atoms with E-state index in [2.05, 4.69) is 45.2 Å². The van der Waals surface area contributed by atoms with Gasteiger partial charge in [0.15, 0.2) is 5.69 Å². The molecule has 1 aliphatic heterocycles. The first-order valence-electron chi connectivity index (χ1n) is 9.23. The van der Waals surface area contributed by atoms with Crippen LogP contribution < -0.4 is 10.6 Å². The lowest BCUT2D eigenvalue weighted by atomic mass is 9.64. The number of aromatic nitrogens is 3. The van der Waals surface area contributed by atoms with Gasteiger partial charge in [-0.05, 0) is 44.3 Å². The van der Waals surface area contributed by atoms with Crippen LogP contribution in [0.15, 0.2) is 36.5 Å². The number of rotatable bonds is 5. The van der Waals surface area contributed by atoms with Crippen LogP contribution in [0.5, 0.6) is 0 Å². The highest BCUT2D eigenvalue weighted by Crippen LogP contribution is 2.43. The maximum atomic E-state index is 12.5. The summed E-state index contributed by atoms with van der Waals surface area (Å²) < 4.78 is 1.85. The molecule has 132 valence electrons. The molecular formula is C19H25N5O. The van der Waals surface area contributed by atoms with Crippen molar-refractivity contribution in [1.82, 2.24) is 25.6 Å². The molecule has 2 aliphatic rings. The molecule has 2 heterocycles. The third-order valence-corrected chi connectivity index (χ3v) is 5.71. The van der Waals surface area contributed by atoms with E-state index in [-0.39, 0.29) is 11.3 Å². The Morgan fingerprint density at radius 1 is 1.24 bits per heavy atom. The normalized spacial score (nSPS) is 20.0. The summed E-state index contributed by atoms with van der Waals surface area (Å²) in [6.45, 7) is 2.65. The number of nitrogens with zero attached hydrogens (tertiary/aromatic N) is 3. The lowest BCUT2D eigenvalue weighted by Gasteiger charge is -2.42. The van der Waals surface area contributed by atoms with E-state index in [1.54, 1.807) is 6.20 Å². The summed E-state index contributed by atoms with van der Waals surface area (Å²) >= 11 is 0. The summed E-state index contributed by atoms with van der Waals surface area (Å²) in [7, 11) is 0. The van der Waals surface area contributed by atoms with E-state index in [9.17, 15) is 4.79 Å². The van der Waals surface area contributed by atoms with Crippen LogP contribution in [0.25, 0.3) is 0 Å². The van der Waals surface area contributed by atoms with E-state index >= 15 is 0 Å². The van der Waals surface area contributed by atoms with Gasteiger partial charge < -0.3 is 10.6 Å². The van der Waals surface area contributed by atoms with Gasteiger partial charge in [0.05, 0.1) is 12.2 Å². The Morgan fingerprint density at radius 2 is 2.00 bits per heavy atom. The van der Waals surface area contributed by atoms with Crippen molar-refractivity contribution in [1.29, 1.82) is 0 Å². The number of piperidine rings is 1. The van der Waals surface area contributed by atoms with Crippen molar-refractivity contribution in [3.05, 3.63) is 47.8 Å². The van der Waals surface area contributed by atoms with Crippen molar-refractivity contribution in [2.75, 3.05) is 19.6 Å². The van der Waals surface area contributed by atoms with Crippen LogP contribution in [-0.2, 0) is 5.41 Å². The summed E-state index contributed by atoms with van der Waals surface area (Å²) in [6, 6.07) is 10.9. The second-order valence-corrected chi connectivity index (χ2v) is 7.25. The largest absolute Gasteiger partial charge is 0.350 e. The van der Waals surface area contributed by atoms with Crippen LogP contribution in [0.2, 0.25) is 0 Å². The molecule has 6 nitrogen and oxygen atoms in total. The minimum absolute atomic E-state index is 0.0853. The van der Waals surface area contributed by atoms with Crippen molar-refractivity contribution in [2.24, 2.45) is 0 Å². The van der Waals surface area contributed by atoms with E-state index in [1.807, 2.05) is 10.7 Å². The van der Waals surface area contributed by atoms with Crippen molar-refractivity contribution >= 4 is 5.91 Å². The molecule has 25 heavy (non-hydrogen) atoms. The highest BCUT2D eigenvalue weighted by molar-refractivity contribution is 5.91. The Morgan fingerprint density at radius 3 is 2.68 bits per heavy atom. The van der Waals surface area contributed by atoms with Crippen LogP contribution in [-0.4, -0.2) is 40.5 Å². The minimum Gasteiger partial charge on any atom is -0.350 e.